The number of benzene rings is 1. The maximum Gasteiger partial charge on any atom is 0.357 e. The highest BCUT2D eigenvalue weighted by Crippen LogP contribution is 2.24. The second-order valence-corrected chi connectivity index (χ2v) is 4.66. The first kappa shape index (κ1) is 13.5. The number of aromatic nitrogens is 1. The van der Waals surface area contributed by atoms with Crippen molar-refractivity contribution in [3.8, 4) is 5.75 Å². The molecule has 1 aromatic heterocycles. The summed E-state index contributed by atoms with van der Waals surface area (Å²) in [5.74, 6) is 0.216. The Balaban J connectivity index is 2.05. The monoisotopic (exact) mass is 321 g/mol. The van der Waals surface area contributed by atoms with Crippen LogP contribution in [0.5, 0.6) is 5.75 Å². The summed E-state index contributed by atoms with van der Waals surface area (Å²) >= 11 is 3.36. The fourth-order valence-corrected chi connectivity index (χ4v) is 1.88. The molecule has 1 aromatic carbocycles. The Morgan fingerprint density at radius 1 is 1.32 bits per heavy atom. The van der Waals surface area contributed by atoms with E-state index in [1.54, 1.807) is 31.5 Å². The molecule has 0 spiro atoms. The van der Waals surface area contributed by atoms with Crippen LogP contribution >= 0.6 is 15.9 Å². The molecule has 5 heteroatoms. The summed E-state index contributed by atoms with van der Waals surface area (Å²) in [6.45, 7) is 0.145. The number of halogens is 1. The molecule has 98 valence electrons. The lowest BCUT2D eigenvalue weighted by Crippen LogP contribution is -2.07. The third-order valence-corrected chi connectivity index (χ3v) is 2.98. The van der Waals surface area contributed by atoms with Gasteiger partial charge >= 0.3 is 5.97 Å². The Bertz CT molecular complexity index is 572. The molecule has 19 heavy (non-hydrogen) atoms. The number of carbonyl (C=O) groups is 1. The van der Waals surface area contributed by atoms with Crippen molar-refractivity contribution in [1.82, 2.24) is 4.98 Å². The lowest BCUT2D eigenvalue weighted by Gasteiger charge is -2.09. The normalized spacial score (nSPS) is 10.0. The Morgan fingerprint density at radius 3 is 2.84 bits per heavy atom. The molecule has 4 nitrogen and oxygen atoms in total. The van der Waals surface area contributed by atoms with Gasteiger partial charge in [0.2, 0.25) is 0 Å². The van der Waals surface area contributed by atoms with Crippen LogP contribution in [0.2, 0.25) is 0 Å². The summed E-state index contributed by atoms with van der Waals surface area (Å²) in [7, 11) is 1.58. The van der Waals surface area contributed by atoms with Crippen molar-refractivity contribution in [2.45, 2.75) is 6.61 Å². The van der Waals surface area contributed by atoms with Gasteiger partial charge in [0.25, 0.3) is 0 Å². The molecule has 0 atom stereocenters. The van der Waals surface area contributed by atoms with Crippen LogP contribution in [0, 0.1) is 0 Å². The molecule has 0 bridgehead atoms. The zero-order valence-corrected chi connectivity index (χ0v) is 11.9. The Kier molecular flexibility index (Phi) is 4.52. The van der Waals surface area contributed by atoms with Crippen molar-refractivity contribution < 1.29 is 14.3 Å². The highest BCUT2D eigenvalue weighted by Gasteiger charge is 2.10. The molecule has 0 fully saturated rings. The van der Waals surface area contributed by atoms with Gasteiger partial charge in [-0.3, -0.25) is 0 Å². The largest absolute Gasteiger partial charge is 0.496 e. The van der Waals surface area contributed by atoms with Crippen LogP contribution in [0.25, 0.3) is 0 Å². The number of rotatable bonds is 4. The maximum absolute atomic E-state index is 11.7. The highest BCUT2D eigenvalue weighted by molar-refractivity contribution is 9.10. The zero-order valence-electron chi connectivity index (χ0n) is 10.3. The molecule has 0 saturated heterocycles. The number of esters is 1. The number of hydrogen-bond acceptors (Lipinski definition) is 4. The van der Waals surface area contributed by atoms with Gasteiger partial charge in [-0.1, -0.05) is 28.1 Å². The van der Waals surface area contributed by atoms with Crippen molar-refractivity contribution >= 4 is 21.9 Å². The van der Waals surface area contributed by atoms with E-state index in [0.29, 0.717) is 11.4 Å². The maximum atomic E-state index is 11.7. The minimum atomic E-state index is -0.453. The Hall–Kier alpha value is -1.88. The number of carbonyl (C=O) groups excluding carboxylic acids is 1. The number of methoxy groups -OCH3 is 1. The van der Waals surface area contributed by atoms with Crippen molar-refractivity contribution in [2.75, 3.05) is 7.11 Å². The van der Waals surface area contributed by atoms with Crippen molar-refractivity contribution in [3.05, 3.63) is 58.3 Å². The summed E-state index contributed by atoms with van der Waals surface area (Å²) in [6, 6.07) is 10.6. The summed E-state index contributed by atoms with van der Waals surface area (Å²) in [4.78, 5) is 15.7. The fourth-order valence-electron chi connectivity index (χ4n) is 1.54. The topological polar surface area (TPSA) is 48.4 Å². The van der Waals surface area contributed by atoms with Gasteiger partial charge in [-0.25, -0.2) is 9.78 Å². The second kappa shape index (κ2) is 6.33. The van der Waals surface area contributed by atoms with Gasteiger partial charge in [0, 0.05) is 16.2 Å². The molecule has 0 aliphatic heterocycles. The van der Waals surface area contributed by atoms with Crippen LogP contribution in [0.3, 0.4) is 0 Å². The van der Waals surface area contributed by atoms with E-state index in [1.807, 2.05) is 18.2 Å². The van der Waals surface area contributed by atoms with E-state index in [2.05, 4.69) is 20.9 Å². The highest BCUT2D eigenvalue weighted by atomic mass is 79.9. The smallest absolute Gasteiger partial charge is 0.357 e. The van der Waals surface area contributed by atoms with E-state index in [9.17, 15) is 4.79 Å². The molecule has 0 amide bonds. The minimum Gasteiger partial charge on any atom is -0.496 e. The van der Waals surface area contributed by atoms with Gasteiger partial charge in [0.1, 0.15) is 18.1 Å². The number of hydrogen-bond donors (Lipinski definition) is 0. The van der Waals surface area contributed by atoms with Crippen LogP contribution in [-0.4, -0.2) is 18.1 Å². The van der Waals surface area contributed by atoms with E-state index < -0.39 is 5.97 Å². The van der Waals surface area contributed by atoms with Gasteiger partial charge in [-0.15, -0.1) is 0 Å². The molecule has 0 unspecified atom stereocenters. The fraction of sp³-hybridized carbons (Fsp3) is 0.143. The Morgan fingerprint density at radius 2 is 2.16 bits per heavy atom. The average Bonchev–Trinajstić information content (AvgIpc) is 2.46. The van der Waals surface area contributed by atoms with Crippen molar-refractivity contribution in [2.24, 2.45) is 0 Å². The number of nitrogens with zero attached hydrogens (tertiary/aromatic N) is 1. The van der Waals surface area contributed by atoms with Gasteiger partial charge in [0.15, 0.2) is 0 Å². The van der Waals surface area contributed by atoms with E-state index in [0.717, 1.165) is 10.0 Å². The van der Waals surface area contributed by atoms with Crippen LogP contribution in [0.4, 0.5) is 0 Å². The van der Waals surface area contributed by atoms with Gasteiger partial charge in [0.05, 0.1) is 7.11 Å². The standard InChI is InChI=1S/C14H12BrNO3/c1-18-13-8-11(15)6-5-10(13)9-19-14(17)12-4-2-3-7-16-12/h2-8H,9H2,1H3. The van der Waals surface area contributed by atoms with Crippen LogP contribution in [0.15, 0.2) is 47.1 Å². The summed E-state index contributed by atoms with van der Waals surface area (Å²) < 4.78 is 11.3. The summed E-state index contributed by atoms with van der Waals surface area (Å²) in [5, 5.41) is 0. The molecule has 0 aliphatic rings. The van der Waals surface area contributed by atoms with Crippen LogP contribution < -0.4 is 4.74 Å². The van der Waals surface area contributed by atoms with E-state index in [-0.39, 0.29) is 6.61 Å². The lowest BCUT2D eigenvalue weighted by atomic mass is 10.2. The molecule has 0 N–H and O–H groups in total. The SMILES string of the molecule is COc1cc(Br)ccc1COC(=O)c1ccccn1. The van der Waals surface area contributed by atoms with Gasteiger partial charge in [-0.05, 0) is 24.3 Å². The summed E-state index contributed by atoms with van der Waals surface area (Å²) in [5.41, 5.74) is 1.09. The molecule has 0 aliphatic carbocycles. The predicted octanol–water partition coefficient (Wildman–Crippen LogP) is 3.21. The van der Waals surface area contributed by atoms with E-state index in [1.165, 1.54) is 0 Å². The van der Waals surface area contributed by atoms with Crippen LogP contribution in [-0.2, 0) is 11.3 Å². The third-order valence-electron chi connectivity index (χ3n) is 2.48. The lowest BCUT2D eigenvalue weighted by molar-refractivity contribution is 0.0463. The summed E-state index contributed by atoms with van der Waals surface area (Å²) in [6.07, 6.45) is 1.55. The van der Waals surface area contributed by atoms with E-state index in [4.69, 9.17) is 9.47 Å². The number of ether oxygens (including phenoxy) is 2. The molecule has 1 heterocycles. The Labute approximate surface area is 119 Å². The number of pyridine rings is 1. The van der Waals surface area contributed by atoms with Crippen molar-refractivity contribution in [1.29, 1.82) is 0 Å². The van der Waals surface area contributed by atoms with E-state index >= 15 is 0 Å². The third kappa shape index (κ3) is 3.54. The second-order valence-electron chi connectivity index (χ2n) is 3.75. The van der Waals surface area contributed by atoms with Crippen LogP contribution in [0.1, 0.15) is 16.1 Å². The molecular formula is C14H12BrNO3. The minimum absolute atomic E-state index is 0.145. The quantitative estimate of drug-likeness (QED) is 0.811. The zero-order chi connectivity index (χ0) is 13.7. The van der Waals surface area contributed by atoms with Gasteiger partial charge < -0.3 is 9.47 Å². The molecule has 0 saturated carbocycles. The van der Waals surface area contributed by atoms with Gasteiger partial charge in [-0.2, -0.15) is 0 Å². The van der Waals surface area contributed by atoms with Crippen molar-refractivity contribution in [3.63, 3.8) is 0 Å². The first-order valence-electron chi connectivity index (χ1n) is 5.61. The molecule has 2 rings (SSSR count). The average molecular weight is 322 g/mol. The predicted molar refractivity (Wildman–Crippen MR) is 74.1 cm³/mol. The molecule has 2 aromatic rings. The first-order chi connectivity index (χ1) is 9.20. The molecular weight excluding hydrogens is 310 g/mol. The molecule has 0 radical (unpaired) electrons. The first-order valence-corrected chi connectivity index (χ1v) is 6.40.